The van der Waals surface area contributed by atoms with Gasteiger partial charge in [0.1, 0.15) is 17.4 Å². The largest absolute Gasteiger partial charge is 0.495 e. The number of ether oxygens (including phenoxy) is 2. The van der Waals surface area contributed by atoms with Gasteiger partial charge in [-0.1, -0.05) is 18.2 Å². The second-order valence-electron chi connectivity index (χ2n) is 5.61. The van der Waals surface area contributed by atoms with Crippen LogP contribution in [0.1, 0.15) is 15.6 Å². The SMILES string of the molecule is COc1ccccc1NC(=O)Cc1nc(COC(=O)/C=C/c2cccs2)cs1. The van der Waals surface area contributed by atoms with Crippen molar-refractivity contribution < 1.29 is 19.1 Å². The highest BCUT2D eigenvalue weighted by atomic mass is 32.1. The number of nitrogens with zero attached hydrogens (tertiary/aromatic N) is 1. The van der Waals surface area contributed by atoms with E-state index in [-0.39, 0.29) is 18.9 Å². The molecule has 0 radical (unpaired) electrons. The van der Waals surface area contributed by atoms with Gasteiger partial charge in [0.05, 0.1) is 24.9 Å². The average Bonchev–Trinajstić information content (AvgIpc) is 3.37. The third kappa shape index (κ3) is 5.77. The number of thiazole rings is 1. The van der Waals surface area contributed by atoms with Crippen molar-refractivity contribution in [3.8, 4) is 5.75 Å². The van der Waals surface area contributed by atoms with E-state index >= 15 is 0 Å². The van der Waals surface area contributed by atoms with Gasteiger partial charge in [0, 0.05) is 16.3 Å². The van der Waals surface area contributed by atoms with E-state index < -0.39 is 5.97 Å². The van der Waals surface area contributed by atoms with Crippen molar-refractivity contribution in [3.63, 3.8) is 0 Å². The summed E-state index contributed by atoms with van der Waals surface area (Å²) in [5.74, 6) is -0.0312. The van der Waals surface area contributed by atoms with Gasteiger partial charge in [0.2, 0.25) is 5.91 Å². The van der Waals surface area contributed by atoms with Crippen LogP contribution < -0.4 is 10.1 Å². The third-order valence-electron chi connectivity index (χ3n) is 3.58. The molecule has 0 unspecified atom stereocenters. The Morgan fingerprint density at radius 1 is 1.18 bits per heavy atom. The molecule has 0 atom stereocenters. The molecular weight excluding hydrogens is 396 g/mol. The molecule has 3 rings (SSSR count). The second-order valence-corrected chi connectivity index (χ2v) is 7.54. The molecule has 2 aromatic heterocycles. The Bertz CT molecular complexity index is 964. The van der Waals surface area contributed by atoms with Crippen LogP contribution >= 0.6 is 22.7 Å². The van der Waals surface area contributed by atoms with Crippen molar-refractivity contribution in [2.75, 3.05) is 12.4 Å². The maximum Gasteiger partial charge on any atom is 0.331 e. The number of amides is 1. The molecule has 8 heteroatoms. The molecule has 1 aromatic carbocycles. The van der Waals surface area contributed by atoms with Crippen LogP contribution in [0.3, 0.4) is 0 Å². The summed E-state index contributed by atoms with van der Waals surface area (Å²) in [6, 6.07) is 11.0. The topological polar surface area (TPSA) is 77.5 Å². The van der Waals surface area contributed by atoms with Gasteiger partial charge in [-0.3, -0.25) is 4.79 Å². The summed E-state index contributed by atoms with van der Waals surface area (Å²) >= 11 is 2.89. The van der Waals surface area contributed by atoms with Gasteiger partial charge in [-0.05, 0) is 29.7 Å². The highest BCUT2D eigenvalue weighted by Crippen LogP contribution is 2.23. The number of esters is 1. The predicted octanol–water partition coefficient (Wildman–Crippen LogP) is 4.15. The Morgan fingerprint density at radius 3 is 2.82 bits per heavy atom. The summed E-state index contributed by atoms with van der Waals surface area (Å²) in [5.41, 5.74) is 1.22. The van der Waals surface area contributed by atoms with Gasteiger partial charge >= 0.3 is 5.97 Å². The minimum atomic E-state index is -0.433. The Morgan fingerprint density at radius 2 is 2.04 bits per heavy atom. The van der Waals surface area contributed by atoms with Crippen molar-refractivity contribution in [1.82, 2.24) is 4.98 Å². The summed E-state index contributed by atoms with van der Waals surface area (Å²) in [4.78, 5) is 29.3. The molecule has 6 nitrogen and oxygen atoms in total. The monoisotopic (exact) mass is 414 g/mol. The number of thiophene rings is 1. The van der Waals surface area contributed by atoms with Crippen LogP contribution in [0.5, 0.6) is 5.75 Å². The molecule has 0 aliphatic rings. The number of carbonyl (C=O) groups is 2. The summed E-state index contributed by atoms with van der Waals surface area (Å²) in [5, 5.41) is 7.17. The zero-order valence-corrected chi connectivity index (χ0v) is 16.7. The number of nitrogens with one attached hydrogen (secondary N) is 1. The van der Waals surface area contributed by atoms with Crippen molar-refractivity contribution in [2.24, 2.45) is 0 Å². The lowest BCUT2D eigenvalue weighted by atomic mass is 10.3. The molecule has 3 aromatic rings. The predicted molar refractivity (Wildman–Crippen MR) is 111 cm³/mol. The van der Waals surface area contributed by atoms with Crippen LogP contribution in [0.25, 0.3) is 6.08 Å². The van der Waals surface area contributed by atoms with Crippen molar-refractivity contribution in [3.05, 3.63) is 68.8 Å². The molecule has 1 amide bonds. The molecule has 1 N–H and O–H groups in total. The van der Waals surface area contributed by atoms with Crippen LogP contribution in [0, 0.1) is 0 Å². The van der Waals surface area contributed by atoms with E-state index in [9.17, 15) is 9.59 Å². The molecule has 0 saturated carbocycles. The normalized spacial score (nSPS) is 10.8. The Labute approximate surface area is 170 Å². The molecule has 28 heavy (non-hydrogen) atoms. The zero-order chi connectivity index (χ0) is 19.8. The number of carbonyl (C=O) groups excluding carboxylic acids is 2. The zero-order valence-electron chi connectivity index (χ0n) is 15.1. The fourth-order valence-electron chi connectivity index (χ4n) is 2.31. The fraction of sp³-hybridized carbons (Fsp3) is 0.150. The first kappa shape index (κ1) is 19.8. The van der Waals surface area contributed by atoms with E-state index in [1.54, 1.807) is 42.0 Å². The molecule has 0 bridgehead atoms. The first-order valence-corrected chi connectivity index (χ1v) is 10.1. The number of anilines is 1. The fourth-order valence-corrected chi connectivity index (χ4v) is 3.70. The van der Waals surface area contributed by atoms with Gasteiger partial charge in [0.15, 0.2) is 0 Å². The molecule has 144 valence electrons. The Balaban J connectivity index is 1.48. The smallest absolute Gasteiger partial charge is 0.331 e. The molecule has 0 aliphatic heterocycles. The Hall–Kier alpha value is -2.97. The lowest BCUT2D eigenvalue weighted by Crippen LogP contribution is -2.15. The van der Waals surface area contributed by atoms with Gasteiger partial charge in [-0.15, -0.1) is 22.7 Å². The first-order chi connectivity index (χ1) is 13.6. The molecular formula is C20H18N2O4S2. The van der Waals surface area contributed by atoms with E-state index in [0.717, 1.165) is 4.88 Å². The van der Waals surface area contributed by atoms with E-state index in [2.05, 4.69) is 10.3 Å². The quantitative estimate of drug-likeness (QED) is 0.443. The average molecular weight is 415 g/mol. The highest BCUT2D eigenvalue weighted by molar-refractivity contribution is 7.10. The van der Waals surface area contributed by atoms with E-state index in [4.69, 9.17) is 9.47 Å². The van der Waals surface area contributed by atoms with Gasteiger partial charge in [0.25, 0.3) is 0 Å². The number of hydrogen-bond acceptors (Lipinski definition) is 7. The van der Waals surface area contributed by atoms with Crippen LogP contribution in [-0.2, 0) is 27.4 Å². The van der Waals surface area contributed by atoms with E-state index in [0.29, 0.717) is 22.1 Å². The minimum absolute atomic E-state index is 0.0677. The molecule has 0 saturated heterocycles. The van der Waals surface area contributed by atoms with Crippen molar-refractivity contribution in [2.45, 2.75) is 13.0 Å². The second kappa shape index (κ2) is 9.82. The van der Waals surface area contributed by atoms with Crippen LogP contribution in [0.4, 0.5) is 5.69 Å². The number of aromatic nitrogens is 1. The standard InChI is InChI=1S/C20H18N2O4S2/c1-25-17-7-3-2-6-16(17)22-18(23)11-19-21-14(13-28-19)12-26-20(24)9-8-15-5-4-10-27-15/h2-10,13H,11-12H2,1H3,(H,22,23)/b9-8+. The molecule has 0 aliphatic carbocycles. The first-order valence-electron chi connectivity index (χ1n) is 8.38. The van der Waals surface area contributed by atoms with Crippen LogP contribution in [0.15, 0.2) is 53.2 Å². The minimum Gasteiger partial charge on any atom is -0.495 e. The number of hydrogen-bond donors (Lipinski definition) is 1. The maximum absolute atomic E-state index is 12.2. The lowest BCUT2D eigenvalue weighted by Gasteiger charge is -2.08. The lowest BCUT2D eigenvalue weighted by molar-refractivity contribution is -0.139. The summed E-state index contributed by atoms with van der Waals surface area (Å²) in [6.07, 6.45) is 3.23. The van der Waals surface area contributed by atoms with Gasteiger partial charge in [-0.2, -0.15) is 0 Å². The summed E-state index contributed by atoms with van der Waals surface area (Å²) in [6.45, 7) is 0.0677. The number of methoxy groups -OCH3 is 1. The highest BCUT2D eigenvalue weighted by Gasteiger charge is 2.11. The molecule has 2 heterocycles. The van der Waals surface area contributed by atoms with E-state index in [1.807, 2.05) is 29.6 Å². The van der Waals surface area contributed by atoms with Crippen molar-refractivity contribution >= 4 is 46.3 Å². The number of para-hydroxylation sites is 2. The van der Waals surface area contributed by atoms with E-state index in [1.165, 1.54) is 17.4 Å². The Kier molecular flexibility index (Phi) is 6.94. The maximum atomic E-state index is 12.2. The summed E-state index contributed by atoms with van der Waals surface area (Å²) < 4.78 is 10.4. The van der Waals surface area contributed by atoms with Crippen molar-refractivity contribution in [1.29, 1.82) is 0 Å². The third-order valence-corrected chi connectivity index (χ3v) is 5.32. The number of benzene rings is 1. The summed E-state index contributed by atoms with van der Waals surface area (Å²) in [7, 11) is 1.55. The number of rotatable bonds is 8. The van der Waals surface area contributed by atoms with Gasteiger partial charge in [-0.25, -0.2) is 9.78 Å². The van der Waals surface area contributed by atoms with Gasteiger partial charge < -0.3 is 14.8 Å². The van der Waals surface area contributed by atoms with Crippen LogP contribution in [-0.4, -0.2) is 24.0 Å². The molecule has 0 fully saturated rings. The molecule has 0 spiro atoms. The van der Waals surface area contributed by atoms with Crippen LogP contribution in [0.2, 0.25) is 0 Å².